The Morgan fingerprint density at radius 1 is 1.21 bits per heavy atom. The van der Waals surface area contributed by atoms with Gasteiger partial charge in [0.15, 0.2) is 0 Å². The molecule has 0 amide bonds. The number of hydrogen-bond donors (Lipinski definition) is 2. The second-order valence-electron chi connectivity index (χ2n) is 7.84. The van der Waals surface area contributed by atoms with Gasteiger partial charge in [0.25, 0.3) is 0 Å². The normalized spacial score (nSPS) is 11.0. The predicted octanol–water partition coefficient (Wildman–Crippen LogP) is 6.63. The molecule has 0 aliphatic heterocycles. The van der Waals surface area contributed by atoms with Gasteiger partial charge in [-0.05, 0) is 61.5 Å². The molecule has 0 unspecified atom stereocenters. The Hall–Kier alpha value is -3.88. The second-order valence-corrected chi connectivity index (χ2v) is 7.84. The molecule has 33 heavy (non-hydrogen) atoms. The highest BCUT2D eigenvalue weighted by atomic mass is 15.1. The monoisotopic (exact) mass is 437 g/mol. The number of nitrogens with one attached hydrogen (secondary N) is 2. The van der Waals surface area contributed by atoms with Gasteiger partial charge in [0.2, 0.25) is 0 Å². The molecule has 168 valence electrons. The summed E-state index contributed by atoms with van der Waals surface area (Å²) in [6.07, 6.45) is 7.54. The summed E-state index contributed by atoms with van der Waals surface area (Å²) in [6, 6.07) is 14.2. The minimum absolute atomic E-state index is 0.485. The van der Waals surface area contributed by atoms with E-state index in [0.29, 0.717) is 5.56 Å². The Bertz CT molecular complexity index is 1230. The van der Waals surface area contributed by atoms with Crippen molar-refractivity contribution in [2.45, 2.75) is 20.8 Å². The van der Waals surface area contributed by atoms with Gasteiger partial charge in [0.1, 0.15) is 6.07 Å². The molecule has 1 heterocycles. The van der Waals surface area contributed by atoms with E-state index in [9.17, 15) is 5.26 Å². The van der Waals surface area contributed by atoms with E-state index < -0.39 is 0 Å². The van der Waals surface area contributed by atoms with Crippen LogP contribution in [0.1, 0.15) is 30.5 Å². The number of aryl methyl sites for hydroxylation is 1. The molecule has 2 aromatic carbocycles. The molecule has 0 aliphatic carbocycles. The number of benzene rings is 2. The maximum Gasteiger partial charge on any atom is 0.103 e. The van der Waals surface area contributed by atoms with Crippen LogP contribution in [0.3, 0.4) is 0 Å². The maximum atomic E-state index is 9.72. The highest BCUT2D eigenvalue weighted by molar-refractivity contribution is 5.98. The van der Waals surface area contributed by atoms with Gasteiger partial charge in [-0.15, -0.1) is 0 Å². The average Bonchev–Trinajstić information content (AvgIpc) is 2.83. The van der Waals surface area contributed by atoms with Crippen LogP contribution in [-0.2, 0) is 0 Å². The summed E-state index contributed by atoms with van der Waals surface area (Å²) in [5.41, 5.74) is 6.72. The third-order valence-corrected chi connectivity index (χ3v) is 5.60. The standard InChI is InChI=1S/C28H31N5/c1-6-22-12-9-13-24(16-22)32-28-23(18-29)19-30-27-15-20(4)26(17-25(27)28)31-21(5)11-10-14-33(7-2)8-3/h6,9-13,15-17,19,31H,1,5,7-8,14H2,2-4H3,(H,30,32)/b11-10+. The molecule has 0 aliphatic rings. The molecule has 0 fully saturated rings. The van der Waals surface area contributed by atoms with Gasteiger partial charge in [-0.1, -0.05) is 51.3 Å². The number of pyridine rings is 1. The Kier molecular flexibility index (Phi) is 8.01. The van der Waals surface area contributed by atoms with Gasteiger partial charge in [-0.25, -0.2) is 0 Å². The van der Waals surface area contributed by atoms with Crippen LogP contribution in [0, 0.1) is 18.3 Å². The zero-order valence-corrected chi connectivity index (χ0v) is 19.7. The summed E-state index contributed by atoms with van der Waals surface area (Å²) in [4.78, 5) is 6.84. The van der Waals surface area contributed by atoms with E-state index in [4.69, 9.17) is 0 Å². The van der Waals surface area contributed by atoms with Crippen LogP contribution in [0.25, 0.3) is 17.0 Å². The molecule has 0 bridgehead atoms. The minimum atomic E-state index is 0.485. The van der Waals surface area contributed by atoms with Crippen molar-refractivity contribution in [3.05, 3.63) is 90.3 Å². The van der Waals surface area contributed by atoms with Crippen molar-refractivity contribution in [2.75, 3.05) is 30.3 Å². The van der Waals surface area contributed by atoms with Gasteiger partial charge >= 0.3 is 0 Å². The number of nitriles is 1. The second kappa shape index (κ2) is 11.1. The molecule has 5 heteroatoms. The van der Waals surface area contributed by atoms with E-state index in [0.717, 1.165) is 64.4 Å². The summed E-state index contributed by atoms with van der Waals surface area (Å²) < 4.78 is 0. The number of aromatic nitrogens is 1. The summed E-state index contributed by atoms with van der Waals surface area (Å²) in [6.45, 7) is 17.3. The van der Waals surface area contributed by atoms with Crippen molar-refractivity contribution in [3.63, 3.8) is 0 Å². The van der Waals surface area contributed by atoms with Crippen LogP contribution in [0.15, 0.2) is 73.6 Å². The number of rotatable bonds is 10. The Morgan fingerprint density at radius 2 is 2.00 bits per heavy atom. The quantitative estimate of drug-likeness (QED) is 0.349. The number of fused-ring (bicyclic) bond motifs is 1. The van der Waals surface area contributed by atoms with Crippen LogP contribution in [0.4, 0.5) is 17.1 Å². The Labute approximate surface area is 196 Å². The third-order valence-electron chi connectivity index (χ3n) is 5.60. The molecule has 3 rings (SSSR count). The SMILES string of the molecule is C=Cc1cccc(Nc2c(C#N)cnc3cc(C)c(NC(=C)/C=C/CN(CC)CC)cc23)c1. The lowest BCUT2D eigenvalue weighted by atomic mass is 10.0. The first kappa shape index (κ1) is 23.8. The molecule has 2 N–H and O–H groups in total. The van der Waals surface area contributed by atoms with Crippen molar-refractivity contribution >= 4 is 34.0 Å². The fourth-order valence-corrected chi connectivity index (χ4v) is 3.63. The minimum Gasteiger partial charge on any atom is -0.356 e. The van der Waals surface area contributed by atoms with Crippen LogP contribution < -0.4 is 10.6 Å². The number of allylic oxidation sites excluding steroid dienone is 1. The highest BCUT2D eigenvalue weighted by Gasteiger charge is 2.12. The van der Waals surface area contributed by atoms with Gasteiger partial charge < -0.3 is 15.5 Å². The van der Waals surface area contributed by atoms with E-state index in [1.165, 1.54) is 0 Å². The topological polar surface area (TPSA) is 64.0 Å². The van der Waals surface area contributed by atoms with Crippen LogP contribution >= 0.6 is 0 Å². The van der Waals surface area contributed by atoms with E-state index in [1.807, 2.05) is 49.4 Å². The third kappa shape index (κ3) is 5.88. The van der Waals surface area contributed by atoms with E-state index in [-0.39, 0.29) is 0 Å². The van der Waals surface area contributed by atoms with Gasteiger partial charge in [0, 0.05) is 35.2 Å². The number of nitrogens with zero attached hydrogens (tertiary/aromatic N) is 3. The summed E-state index contributed by atoms with van der Waals surface area (Å²) in [5, 5.41) is 17.4. The van der Waals surface area contributed by atoms with Crippen molar-refractivity contribution in [1.82, 2.24) is 9.88 Å². The first-order valence-electron chi connectivity index (χ1n) is 11.2. The summed E-state index contributed by atoms with van der Waals surface area (Å²) >= 11 is 0. The number of anilines is 3. The molecule has 0 spiro atoms. The molecular formula is C28H31N5. The Balaban J connectivity index is 1.94. The lowest BCUT2D eigenvalue weighted by molar-refractivity contribution is 0.337. The smallest absolute Gasteiger partial charge is 0.103 e. The Morgan fingerprint density at radius 3 is 2.70 bits per heavy atom. The lowest BCUT2D eigenvalue weighted by Crippen LogP contribution is -2.22. The van der Waals surface area contributed by atoms with Crippen LogP contribution in [0.2, 0.25) is 0 Å². The fraction of sp³-hybridized carbons (Fsp3) is 0.214. The predicted molar refractivity (Wildman–Crippen MR) is 141 cm³/mol. The van der Waals surface area contributed by atoms with E-state index in [1.54, 1.807) is 12.3 Å². The van der Waals surface area contributed by atoms with Crippen LogP contribution in [-0.4, -0.2) is 29.5 Å². The fourth-order valence-electron chi connectivity index (χ4n) is 3.63. The first-order valence-corrected chi connectivity index (χ1v) is 11.2. The first-order chi connectivity index (χ1) is 16.0. The zero-order chi connectivity index (χ0) is 23.8. The van der Waals surface area contributed by atoms with Crippen LogP contribution in [0.5, 0.6) is 0 Å². The molecule has 1 aromatic heterocycles. The maximum absolute atomic E-state index is 9.72. The molecule has 3 aromatic rings. The number of hydrogen-bond acceptors (Lipinski definition) is 5. The lowest BCUT2D eigenvalue weighted by Gasteiger charge is -2.16. The zero-order valence-electron chi connectivity index (χ0n) is 19.7. The van der Waals surface area contributed by atoms with Gasteiger partial charge in [0.05, 0.1) is 16.8 Å². The molecule has 0 radical (unpaired) electrons. The van der Waals surface area contributed by atoms with E-state index in [2.05, 4.69) is 59.7 Å². The molecule has 0 saturated heterocycles. The number of likely N-dealkylation sites (N-methyl/N-ethyl adjacent to an activating group) is 1. The molecule has 5 nitrogen and oxygen atoms in total. The van der Waals surface area contributed by atoms with Gasteiger partial charge in [-0.3, -0.25) is 4.98 Å². The molecule has 0 atom stereocenters. The van der Waals surface area contributed by atoms with Crippen molar-refractivity contribution in [3.8, 4) is 6.07 Å². The van der Waals surface area contributed by atoms with Crippen molar-refractivity contribution in [1.29, 1.82) is 5.26 Å². The molecular weight excluding hydrogens is 406 g/mol. The molecule has 0 saturated carbocycles. The van der Waals surface area contributed by atoms with E-state index >= 15 is 0 Å². The van der Waals surface area contributed by atoms with Gasteiger partial charge in [-0.2, -0.15) is 5.26 Å². The average molecular weight is 438 g/mol. The summed E-state index contributed by atoms with van der Waals surface area (Å²) in [5.74, 6) is 0. The van der Waals surface area contributed by atoms with Crippen molar-refractivity contribution in [2.24, 2.45) is 0 Å². The highest BCUT2D eigenvalue weighted by Crippen LogP contribution is 2.33. The van der Waals surface area contributed by atoms with Crippen molar-refractivity contribution < 1.29 is 0 Å². The largest absolute Gasteiger partial charge is 0.356 e. The summed E-state index contributed by atoms with van der Waals surface area (Å²) in [7, 11) is 0.